The number of sulfonamides is 1. The van der Waals surface area contributed by atoms with Gasteiger partial charge in [0, 0.05) is 20.0 Å². The third kappa shape index (κ3) is 7.70. The third-order valence-electron chi connectivity index (χ3n) is 7.66. The van der Waals surface area contributed by atoms with E-state index >= 15 is 0 Å². The number of anilines is 1. The number of aryl methyl sites for hydroxylation is 4. The number of rotatable bonds is 11. The van der Waals surface area contributed by atoms with Crippen molar-refractivity contribution in [1.29, 1.82) is 0 Å². The molecule has 0 heterocycles. The molecule has 1 N–H and O–H groups in total. The lowest BCUT2D eigenvalue weighted by atomic mass is 10.0. The standard InChI is InChI=1S/C35H39N3O4S/c1-25-11-16-30(17-12-25)23-37(33(35(40)36-5)22-29-9-7-6-8-10-29)34(39)24-38(31-18-15-27(3)28(4)21-31)43(41,42)32-19-13-26(2)14-20-32/h6-21,33H,22-24H2,1-5H3,(H,36,40)/t33-/m0/s1. The van der Waals surface area contributed by atoms with Gasteiger partial charge in [0.25, 0.3) is 10.0 Å². The van der Waals surface area contributed by atoms with Crippen LogP contribution in [-0.4, -0.2) is 44.8 Å². The molecule has 8 heteroatoms. The molecule has 4 rings (SSSR count). The Morgan fingerprint density at radius 2 is 1.35 bits per heavy atom. The Bertz CT molecular complexity index is 1670. The molecule has 0 unspecified atom stereocenters. The van der Waals surface area contributed by atoms with Crippen LogP contribution in [0.4, 0.5) is 5.69 Å². The molecule has 2 amide bonds. The molecule has 0 fully saturated rings. The zero-order valence-electron chi connectivity index (χ0n) is 25.4. The smallest absolute Gasteiger partial charge is 0.264 e. The van der Waals surface area contributed by atoms with E-state index in [0.29, 0.717) is 5.69 Å². The fraction of sp³-hybridized carbons (Fsp3) is 0.257. The molecule has 0 saturated heterocycles. The first-order chi connectivity index (χ1) is 20.5. The molecule has 1 atom stereocenters. The van der Waals surface area contributed by atoms with E-state index in [-0.39, 0.29) is 23.8 Å². The van der Waals surface area contributed by atoms with E-state index in [9.17, 15) is 18.0 Å². The minimum absolute atomic E-state index is 0.0846. The van der Waals surface area contributed by atoms with Gasteiger partial charge in [-0.1, -0.05) is 83.9 Å². The molecule has 0 aromatic heterocycles. The molecular weight excluding hydrogens is 558 g/mol. The minimum atomic E-state index is -4.13. The Kier molecular flexibility index (Phi) is 10.0. The molecule has 0 aliphatic heterocycles. The van der Waals surface area contributed by atoms with Crippen molar-refractivity contribution in [2.75, 3.05) is 17.9 Å². The van der Waals surface area contributed by atoms with Crippen molar-refractivity contribution in [1.82, 2.24) is 10.2 Å². The monoisotopic (exact) mass is 597 g/mol. The SMILES string of the molecule is CNC(=O)[C@H](Cc1ccccc1)N(Cc1ccc(C)cc1)C(=O)CN(c1ccc(C)c(C)c1)S(=O)(=O)c1ccc(C)cc1. The predicted octanol–water partition coefficient (Wildman–Crippen LogP) is 5.50. The zero-order valence-corrected chi connectivity index (χ0v) is 26.2. The molecule has 0 saturated carbocycles. The van der Waals surface area contributed by atoms with Gasteiger partial charge in [-0.3, -0.25) is 13.9 Å². The normalized spacial score (nSPS) is 11.9. The molecule has 7 nitrogen and oxygen atoms in total. The summed E-state index contributed by atoms with van der Waals surface area (Å²) in [7, 11) is -2.59. The molecule has 0 aliphatic rings. The summed E-state index contributed by atoms with van der Waals surface area (Å²) in [5.41, 5.74) is 6.00. The first-order valence-electron chi connectivity index (χ1n) is 14.3. The van der Waals surface area contributed by atoms with Gasteiger partial charge in [0.2, 0.25) is 11.8 Å². The van der Waals surface area contributed by atoms with Crippen molar-refractivity contribution >= 4 is 27.5 Å². The van der Waals surface area contributed by atoms with E-state index in [2.05, 4.69) is 5.32 Å². The maximum atomic E-state index is 14.4. The van der Waals surface area contributed by atoms with E-state index in [1.807, 2.05) is 88.4 Å². The number of hydrogen-bond donors (Lipinski definition) is 1. The highest BCUT2D eigenvalue weighted by molar-refractivity contribution is 7.92. The van der Waals surface area contributed by atoms with Gasteiger partial charge in [-0.2, -0.15) is 0 Å². The third-order valence-corrected chi connectivity index (χ3v) is 9.45. The van der Waals surface area contributed by atoms with Crippen LogP contribution >= 0.6 is 0 Å². The Hall–Kier alpha value is -4.43. The van der Waals surface area contributed by atoms with Gasteiger partial charge in [0.05, 0.1) is 10.6 Å². The van der Waals surface area contributed by atoms with Crippen LogP contribution in [0.25, 0.3) is 0 Å². The topological polar surface area (TPSA) is 86.8 Å². The van der Waals surface area contributed by atoms with E-state index in [4.69, 9.17) is 0 Å². The van der Waals surface area contributed by atoms with Crippen LogP contribution in [0, 0.1) is 27.7 Å². The molecule has 224 valence electrons. The van der Waals surface area contributed by atoms with Crippen LogP contribution in [0.2, 0.25) is 0 Å². The Morgan fingerprint density at radius 3 is 1.93 bits per heavy atom. The Morgan fingerprint density at radius 1 is 0.744 bits per heavy atom. The fourth-order valence-corrected chi connectivity index (χ4v) is 6.26. The summed E-state index contributed by atoms with van der Waals surface area (Å²) in [5.74, 6) is -0.817. The predicted molar refractivity (Wildman–Crippen MR) is 171 cm³/mol. The van der Waals surface area contributed by atoms with E-state index < -0.39 is 28.5 Å². The number of carbonyl (C=O) groups excluding carboxylic acids is 2. The van der Waals surface area contributed by atoms with Crippen molar-refractivity contribution in [3.8, 4) is 0 Å². The maximum absolute atomic E-state index is 14.4. The van der Waals surface area contributed by atoms with Crippen LogP contribution in [0.5, 0.6) is 0 Å². The van der Waals surface area contributed by atoms with Crippen molar-refractivity contribution in [2.45, 2.75) is 51.6 Å². The molecule has 0 radical (unpaired) electrons. The highest BCUT2D eigenvalue weighted by Crippen LogP contribution is 2.27. The number of nitrogens with zero attached hydrogens (tertiary/aromatic N) is 2. The maximum Gasteiger partial charge on any atom is 0.264 e. The minimum Gasteiger partial charge on any atom is -0.357 e. The highest BCUT2D eigenvalue weighted by Gasteiger charge is 2.34. The average Bonchev–Trinajstić information content (AvgIpc) is 3.00. The molecule has 43 heavy (non-hydrogen) atoms. The number of amides is 2. The first-order valence-corrected chi connectivity index (χ1v) is 15.7. The summed E-state index contributed by atoms with van der Waals surface area (Å²) >= 11 is 0. The number of hydrogen-bond acceptors (Lipinski definition) is 4. The van der Waals surface area contributed by atoms with Crippen molar-refractivity contribution in [2.24, 2.45) is 0 Å². The average molecular weight is 598 g/mol. The van der Waals surface area contributed by atoms with Crippen LogP contribution in [-0.2, 0) is 32.6 Å². The lowest BCUT2D eigenvalue weighted by Crippen LogP contribution is -2.53. The summed E-state index contributed by atoms with van der Waals surface area (Å²) in [6.45, 7) is 7.37. The van der Waals surface area contributed by atoms with Crippen molar-refractivity contribution in [3.63, 3.8) is 0 Å². The summed E-state index contributed by atoms with van der Waals surface area (Å²) in [6.07, 6.45) is 0.270. The van der Waals surface area contributed by atoms with Crippen LogP contribution in [0.3, 0.4) is 0 Å². The second-order valence-corrected chi connectivity index (χ2v) is 12.8. The van der Waals surface area contributed by atoms with E-state index in [0.717, 1.165) is 37.7 Å². The number of benzene rings is 4. The van der Waals surface area contributed by atoms with Gasteiger partial charge < -0.3 is 10.2 Å². The van der Waals surface area contributed by atoms with Gasteiger partial charge in [-0.05, 0) is 74.2 Å². The van der Waals surface area contributed by atoms with Crippen molar-refractivity contribution in [3.05, 3.63) is 130 Å². The first kappa shape index (κ1) is 31.5. The summed E-state index contributed by atoms with van der Waals surface area (Å²) in [4.78, 5) is 29.3. The Labute approximate surface area is 255 Å². The molecule has 4 aromatic rings. The van der Waals surface area contributed by atoms with Gasteiger partial charge >= 0.3 is 0 Å². The largest absolute Gasteiger partial charge is 0.357 e. The summed E-state index contributed by atoms with van der Waals surface area (Å²) in [6, 6.07) is 28.3. The number of carbonyl (C=O) groups is 2. The molecule has 0 spiro atoms. The Balaban J connectivity index is 1.80. The van der Waals surface area contributed by atoms with Gasteiger partial charge in [0.15, 0.2) is 0 Å². The lowest BCUT2D eigenvalue weighted by Gasteiger charge is -2.33. The summed E-state index contributed by atoms with van der Waals surface area (Å²) < 4.78 is 29.4. The number of likely N-dealkylation sites (N-methyl/N-ethyl adjacent to an activating group) is 1. The van der Waals surface area contributed by atoms with Gasteiger partial charge in [-0.25, -0.2) is 8.42 Å². The van der Waals surface area contributed by atoms with Gasteiger partial charge in [0.1, 0.15) is 12.6 Å². The van der Waals surface area contributed by atoms with Crippen LogP contribution in [0.15, 0.2) is 102 Å². The van der Waals surface area contributed by atoms with Gasteiger partial charge in [-0.15, -0.1) is 0 Å². The second kappa shape index (κ2) is 13.7. The molecule has 0 bridgehead atoms. The van der Waals surface area contributed by atoms with E-state index in [1.165, 1.54) is 11.9 Å². The van der Waals surface area contributed by atoms with Crippen LogP contribution in [0.1, 0.15) is 33.4 Å². The highest BCUT2D eigenvalue weighted by atomic mass is 32.2. The molecule has 4 aromatic carbocycles. The summed E-state index contributed by atoms with van der Waals surface area (Å²) in [5, 5.41) is 2.71. The quantitative estimate of drug-likeness (QED) is 0.247. The lowest BCUT2D eigenvalue weighted by molar-refractivity contribution is -0.139. The second-order valence-electron chi connectivity index (χ2n) is 10.9. The van der Waals surface area contributed by atoms with E-state index in [1.54, 1.807) is 36.4 Å². The molecule has 0 aliphatic carbocycles. The zero-order chi connectivity index (χ0) is 31.1. The van der Waals surface area contributed by atoms with Crippen LogP contribution < -0.4 is 9.62 Å². The fourth-order valence-electron chi connectivity index (χ4n) is 4.86. The van der Waals surface area contributed by atoms with Crippen molar-refractivity contribution < 1.29 is 18.0 Å². The molecular formula is C35H39N3O4S. The number of nitrogens with one attached hydrogen (secondary N) is 1.